The van der Waals surface area contributed by atoms with Gasteiger partial charge in [0.1, 0.15) is 4.88 Å². The predicted octanol–water partition coefficient (Wildman–Crippen LogP) is 3.93. The number of nitrogens with one attached hydrogen (secondary N) is 2. The van der Waals surface area contributed by atoms with Crippen molar-refractivity contribution in [1.29, 1.82) is 0 Å². The maximum Gasteiger partial charge on any atom is 0.346 e. The Labute approximate surface area is 158 Å². The lowest BCUT2D eigenvalue weighted by Gasteiger charge is -2.46. The van der Waals surface area contributed by atoms with Gasteiger partial charge in [-0.1, -0.05) is 0 Å². The monoisotopic (exact) mass is 374 g/mol. The summed E-state index contributed by atoms with van der Waals surface area (Å²) in [6, 6.07) is 3.96. The Hall–Kier alpha value is -1.99. The minimum Gasteiger partial charge on any atom is -0.477 e. The van der Waals surface area contributed by atoms with Crippen LogP contribution in [0.2, 0.25) is 0 Å². The fourth-order valence-electron chi connectivity index (χ4n) is 3.99. The van der Waals surface area contributed by atoms with Crippen LogP contribution in [0.4, 0.5) is 5.95 Å². The largest absolute Gasteiger partial charge is 0.477 e. The van der Waals surface area contributed by atoms with E-state index >= 15 is 0 Å². The molecule has 0 aromatic carbocycles. The number of rotatable bonds is 4. The molecule has 6 nitrogen and oxygen atoms in total. The second-order valence-corrected chi connectivity index (χ2v) is 9.39. The standard InChI is InChI=1S/C19H26N4O2S/c1-11-8-14(26-15(11)16(24)25)13-6-7-20-17(22-13)21-12-9-18(2,3)23-19(4,5)10-12/h6-8,12,23H,9-10H2,1-5H3,(H,24,25)(H,20,21,22). The van der Waals surface area contributed by atoms with Crippen molar-refractivity contribution >= 4 is 23.3 Å². The quantitative estimate of drug-likeness (QED) is 0.751. The smallest absolute Gasteiger partial charge is 0.346 e. The second kappa shape index (κ2) is 6.63. The van der Waals surface area contributed by atoms with E-state index in [1.165, 1.54) is 11.3 Å². The molecule has 0 amide bonds. The van der Waals surface area contributed by atoms with Gasteiger partial charge in [-0.2, -0.15) is 0 Å². The maximum atomic E-state index is 11.3. The van der Waals surface area contributed by atoms with Gasteiger partial charge in [-0.3, -0.25) is 0 Å². The van der Waals surface area contributed by atoms with E-state index in [1.54, 1.807) is 6.20 Å². The summed E-state index contributed by atoms with van der Waals surface area (Å²) in [4.78, 5) is 21.5. The zero-order chi connectivity index (χ0) is 19.1. The lowest BCUT2D eigenvalue weighted by Crippen LogP contribution is -2.60. The van der Waals surface area contributed by atoms with Crippen LogP contribution in [0.5, 0.6) is 0 Å². The minimum absolute atomic E-state index is 0.0400. The van der Waals surface area contributed by atoms with Crippen LogP contribution >= 0.6 is 11.3 Å². The van der Waals surface area contributed by atoms with E-state index in [0.29, 0.717) is 10.8 Å². The number of piperidine rings is 1. The number of hydrogen-bond acceptors (Lipinski definition) is 6. The summed E-state index contributed by atoms with van der Waals surface area (Å²) in [5.41, 5.74) is 1.58. The van der Waals surface area contributed by atoms with Crippen LogP contribution in [0.15, 0.2) is 18.3 Å². The van der Waals surface area contributed by atoms with E-state index in [9.17, 15) is 9.90 Å². The first-order valence-electron chi connectivity index (χ1n) is 8.78. The van der Waals surface area contributed by atoms with Crippen LogP contribution in [0.25, 0.3) is 10.6 Å². The number of aryl methyl sites for hydroxylation is 1. The first-order chi connectivity index (χ1) is 12.0. The van der Waals surface area contributed by atoms with Gasteiger partial charge >= 0.3 is 5.97 Å². The van der Waals surface area contributed by atoms with Crippen LogP contribution in [-0.4, -0.2) is 38.2 Å². The summed E-state index contributed by atoms with van der Waals surface area (Å²) in [5.74, 6) is -0.311. The number of nitrogens with zero attached hydrogens (tertiary/aromatic N) is 2. The first kappa shape index (κ1) is 18.8. The summed E-state index contributed by atoms with van der Waals surface area (Å²) >= 11 is 1.25. The van der Waals surface area contributed by atoms with Crippen LogP contribution in [0.1, 0.15) is 55.8 Å². The number of thiophene rings is 1. The molecule has 1 fully saturated rings. The van der Waals surface area contributed by atoms with Crippen molar-refractivity contribution in [3.05, 3.63) is 28.8 Å². The van der Waals surface area contributed by atoms with Crippen LogP contribution in [0.3, 0.4) is 0 Å². The van der Waals surface area contributed by atoms with Crippen molar-refractivity contribution in [3.63, 3.8) is 0 Å². The fourth-order valence-corrected chi connectivity index (χ4v) is 4.97. The van der Waals surface area contributed by atoms with Crippen LogP contribution in [0, 0.1) is 6.92 Å². The van der Waals surface area contributed by atoms with Crippen molar-refractivity contribution < 1.29 is 9.90 Å². The van der Waals surface area contributed by atoms with E-state index in [4.69, 9.17) is 0 Å². The van der Waals surface area contributed by atoms with Gasteiger partial charge < -0.3 is 15.7 Å². The Balaban J connectivity index is 1.82. The Morgan fingerprint density at radius 1 is 1.31 bits per heavy atom. The molecule has 3 heterocycles. The first-order valence-corrected chi connectivity index (χ1v) is 9.59. The van der Waals surface area contributed by atoms with Gasteiger partial charge in [0.25, 0.3) is 0 Å². The number of carboxylic acid groups (broad SMARTS) is 1. The molecule has 0 spiro atoms. The summed E-state index contributed by atoms with van der Waals surface area (Å²) in [5, 5.41) is 16.4. The second-order valence-electron chi connectivity index (χ2n) is 8.34. The molecule has 1 aliphatic heterocycles. The van der Waals surface area contributed by atoms with E-state index in [2.05, 4.69) is 48.3 Å². The number of aromatic carboxylic acids is 1. The molecule has 0 saturated carbocycles. The molecule has 3 rings (SSSR count). The third kappa shape index (κ3) is 4.22. The minimum atomic E-state index is -0.898. The summed E-state index contributed by atoms with van der Waals surface area (Å²) in [6.07, 6.45) is 3.67. The average Bonchev–Trinajstić information content (AvgIpc) is 2.86. The summed E-state index contributed by atoms with van der Waals surface area (Å²) < 4.78 is 0. The van der Waals surface area contributed by atoms with Crippen molar-refractivity contribution in [3.8, 4) is 10.6 Å². The van der Waals surface area contributed by atoms with Crippen LogP contribution < -0.4 is 10.6 Å². The predicted molar refractivity (Wildman–Crippen MR) is 105 cm³/mol. The zero-order valence-corrected chi connectivity index (χ0v) is 16.7. The van der Waals surface area contributed by atoms with Crippen molar-refractivity contribution in [2.45, 2.75) is 64.6 Å². The van der Waals surface area contributed by atoms with E-state index in [1.807, 2.05) is 19.1 Å². The lowest BCUT2D eigenvalue weighted by molar-refractivity contribution is 0.0701. The van der Waals surface area contributed by atoms with Gasteiger partial charge in [0.2, 0.25) is 5.95 Å². The normalized spacial score (nSPS) is 19.3. The molecular weight excluding hydrogens is 348 g/mol. The topological polar surface area (TPSA) is 87.1 Å². The van der Waals surface area contributed by atoms with Gasteiger partial charge in [0.15, 0.2) is 0 Å². The Morgan fingerprint density at radius 2 is 1.96 bits per heavy atom. The highest BCUT2D eigenvalue weighted by Crippen LogP contribution is 2.32. The van der Waals surface area contributed by atoms with Crippen molar-refractivity contribution in [1.82, 2.24) is 15.3 Å². The Morgan fingerprint density at radius 3 is 2.54 bits per heavy atom. The number of anilines is 1. The van der Waals surface area contributed by atoms with E-state index < -0.39 is 5.97 Å². The van der Waals surface area contributed by atoms with Crippen molar-refractivity contribution in [2.75, 3.05) is 5.32 Å². The fraction of sp³-hybridized carbons (Fsp3) is 0.526. The highest BCUT2D eigenvalue weighted by atomic mass is 32.1. The SMILES string of the molecule is Cc1cc(-c2ccnc(NC3CC(C)(C)NC(C)(C)C3)n2)sc1C(=O)O. The molecule has 0 atom stereocenters. The molecule has 0 bridgehead atoms. The van der Waals surface area contributed by atoms with E-state index in [0.717, 1.165) is 29.0 Å². The molecule has 0 unspecified atom stereocenters. The molecular formula is C19H26N4O2S. The third-order valence-electron chi connectivity index (χ3n) is 4.54. The summed E-state index contributed by atoms with van der Waals surface area (Å²) in [7, 11) is 0. The molecule has 26 heavy (non-hydrogen) atoms. The lowest BCUT2D eigenvalue weighted by atomic mass is 9.80. The summed E-state index contributed by atoms with van der Waals surface area (Å²) in [6.45, 7) is 10.6. The van der Waals surface area contributed by atoms with E-state index in [-0.39, 0.29) is 17.1 Å². The van der Waals surface area contributed by atoms with Crippen LogP contribution in [-0.2, 0) is 0 Å². The number of aromatic nitrogens is 2. The number of hydrogen-bond donors (Lipinski definition) is 3. The van der Waals surface area contributed by atoms with Gasteiger partial charge in [-0.05, 0) is 65.2 Å². The molecule has 2 aromatic heterocycles. The van der Waals surface area contributed by atoms with Gasteiger partial charge in [0.05, 0.1) is 10.6 Å². The molecule has 1 saturated heterocycles. The molecule has 0 aliphatic carbocycles. The van der Waals surface area contributed by atoms with Gasteiger partial charge in [-0.25, -0.2) is 14.8 Å². The third-order valence-corrected chi connectivity index (χ3v) is 5.79. The van der Waals surface area contributed by atoms with Gasteiger partial charge in [0, 0.05) is 23.3 Å². The molecule has 3 N–H and O–H groups in total. The highest BCUT2D eigenvalue weighted by molar-refractivity contribution is 7.17. The molecule has 0 radical (unpaired) electrons. The number of carbonyl (C=O) groups is 1. The molecule has 140 valence electrons. The maximum absolute atomic E-state index is 11.3. The Kier molecular flexibility index (Phi) is 4.79. The molecule has 1 aliphatic rings. The molecule has 2 aromatic rings. The van der Waals surface area contributed by atoms with Crippen molar-refractivity contribution in [2.24, 2.45) is 0 Å². The average molecular weight is 375 g/mol. The zero-order valence-electron chi connectivity index (χ0n) is 15.9. The molecule has 7 heteroatoms. The highest BCUT2D eigenvalue weighted by Gasteiger charge is 2.37. The number of carboxylic acids is 1. The van der Waals surface area contributed by atoms with Gasteiger partial charge in [-0.15, -0.1) is 11.3 Å². The Bertz CT molecular complexity index is 813.